The molecule has 5 nitrogen and oxygen atoms in total. The molecule has 0 bridgehead atoms. The number of nitrogens with zero attached hydrogens (tertiary/aromatic N) is 2. The third-order valence-electron chi connectivity index (χ3n) is 3.73. The average molecular weight is 353 g/mol. The summed E-state index contributed by atoms with van der Waals surface area (Å²) in [5.74, 6) is 0.701. The maximum atomic E-state index is 12.7. The van der Waals surface area contributed by atoms with Gasteiger partial charge in [0.1, 0.15) is 11.9 Å². The zero-order valence-electron chi connectivity index (χ0n) is 12.4. The number of hydrogen-bond acceptors (Lipinski definition) is 4. The van der Waals surface area contributed by atoms with Crippen molar-refractivity contribution in [3.63, 3.8) is 0 Å². The molecule has 1 saturated heterocycles. The van der Waals surface area contributed by atoms with E-state index in [1.807, 2.05) is 0 Å². The van der Waals surface area contributed by atoms with Gasteiger partial charge in [-0.15, -0.1) is 0 Å². The van der Waals surface area contributed by atoms with Gasteiger partial charge in [0.15, 0.2) is 0 Å². The van der Waals surface area contributed by atoms with Crippen LogP contribution in [0.25, 0.3) is 0 Å². The van der Waals surface area contributed by atoms with Gasteiger partial charge in [-0.3, -0.25) is 4.98 Å². The standard InChI is InChI=1S/C16H17ClN2O3S/c17-13-3-1-5-16(11-13)23(20,21)19-10-2-4-15(12-19)22-14-6-8-18-9-7-14/h1,3,5-9,11,15H,2,4,10,12H2. The maximum Gasteiger partial charge on any atom is 0.243 e. The normalized spacial score (nSPS) is 19.4. The van der Waals surface area contributed by atoms with Gasteiger partial charge < -0.3 is 4.74 Å². The van der Waals surface area contributed by atoms with E-state index in [9.17, 15) is 8.42 Å². The van der Waals surface area contributed by atoms with Crippen LogP contribution in [-0.2, 0) is 10.0 Å². The molecule has 1 fully saturated rings. The van der Waals surface area contributed by atoms with Gasteiger partial charge in [0.25, 0.3) is 0 Å². The molecule has 23 heavy (non-hydrogen) atoms. The molecule has 0 radical (unpaired) electrons. The van der Waals surface area contributed by atoms with Gasteiger partial charge in [-0.2, -0.15) is 4.31 Å². The van der Waals surface area contributed by atoms with Crippen molar-refractivity contribution in [2.75, 3.05) is 13.1 Å². The summed E-state index contributed by atoms with van der Waals surface area (Å²) in [7, 11) is -3.55. The van der Waals surface area contributed by atoms with Crippen molar-refractivity contribution in [2.24, 2.45) is 0 Å². The van der Waals surface area contributed by atoms with Crippen LogP contribution in [0.3, 0.4) is 0 Å². The first kappa shape index (κ1) is 16.2. The number of pyridine rings is 1. The van der Waals surface area contributed by atoms with E-state index >= 15 is 0 Å². The second kappa shape index (κ2) is 6.86. The van der Waals surface area contributed by atoms with E-state index in [4.69, 9.17) is 16.3 Å². The number of rotatable bonds is 4. The molecule has 2 aromatic rings. The Morgan fingerprint density at radius 1 is 1.22 bits per heavy atom. The van der Waals surface area contributed by atoms with E-state index in [0.29, 0.717) is 23.9 Å². The predicted octanol–water partition coefficient (Wildman–Crippen LogP) is 2.97. The molecule has 1 aromatic carbocycles. The first-order valence-electron chi connectivity index (χ1n) is 7.38. The number of aromatic nitrogens is 1. The lowest BCUT2D eigenvalue weighted by Crippen LogP contribution is -2.44. The van der Waals surface area contributed by atoms with Gasteiger partial charge in [-0.1, -0.05) is 17.7 Å². The lowest BCUT2D eigenvalue weighted by atomic mass is 10.1. The van der Waals surface area contributed by atoms with Crippen LogP contribution < -0.4 is 4.74 Å². The Kier molecular flexibility index (Phi) is 4.84. The molecule has 122 valence electrons. The molecule has 0 N–H and O–H groups in total. The van der Waals surface area contributed by atoms with Crippen LogP contribution >= 0.6 is 11.6 Å². The van der Waals surface area contributed by atoms with E-state index in [1.165, 1.54) is 10.4 Å². The van der Waals surface area contributed by atoms with Crippen LogP contribution in [0.2, 0.25) is 5.02 Å². The highest BCUT2D eigenvalue weighted by Crippen LogP contribution is 2.24. The molecule has 1 aliphatic rings. The van der Waals surface area contributed by atoms with Gasteiger partial charge >= 0.3 is 0 Å². The van der Waals surface area contributed by atoms with E-state index in [-0.39, 0.29) is 11.0 Å². The second-order valence-corrected chi connectivity index (χ2v) is 7.76. The molecule has 1 atom stereocenters. The second-order valence-electron chi connectivity index (χ2n) is 5.39. The Morgan fingerprint density at radius 3 is 2.74 bits per heavy atom. The monoisotopic (exact) mass is 352 g/mol. The SMILES string of the molecule is O=S(=O)(c1cccc(Cl)c1)N1CCCC(Oc2ccncc2)C1. The number of piperidine rings is 1. The van der Waals surface area contributed by atoms with E-state index < -0.39 is 10.0 Å². The van der Waals surface area contributed by atoms with E-state index in [0.717, 1.165) is 12.8 Å². The first-order chi connectivity index (χ1) is 11.1. The van der Waals surface area contributed by atoms with Crippen molar-refractivity contribution in [3.05, 3.63) is 53.8 Å². The van der Waals surface area contributed by atoms with Crippen LogP contribution in [0.15, 0.2) is 53.7 Å². The molecule has 1 aromatic heterocycles. The number of benzene rings is 1. The molecule has 1 aliphatic heterocycles. The zero-order valence-corrected chi connectivity index (χ0v) is 14.0. The topological polar surface area (TPSA) is 59.5 Å². The molecule has 1 unspecified atom stereocenters. The van der Waals surface area contributed by atoms with Crippen molar-refractivity contribution in [3.8, 4) is 5.75 Å². The molecule has 0 spiro atoms. The summed E-state index contributed by atoms with van der Waals surface area (Å²) in [5.41, 5.74) is 0. The van der Waals surface area contributed by atoms with Crippen molar-refractivity contribution in [2.45, 2.75) is 23.8 Å². The molecule has 0 amide bonds. The average Bonchev–Trinajstić information content (AvgIpc) is 2.56. The summed E-state index contributed by atoms with van der Waals surface area (Å²) in [6.45, 7) is 0.822. The van der Waals surface area contributed by atoms with Crippen LogP contribution in [0.1, 0.15) is 12.8 Å². The highest BCUT2D eigenvalue weighted by Gasteiger charge is 2.31. The number of halogens is 1. The Bertz CT molecular complexity index is 768. The minimum atomic E-state index is -3.55. The van der Waals surface area contributed by atoms with Crippen molar-refractivity contribution < 1.29 is 13.2 Å². The van der Waals surface area contributed by atoms with Crippen molar-refractivity contribution >= 4 is 21.6 Å². The van der Waals surface area contributed by atoms with Crippen molar-refractivity contribution in [1.29, 1.82) is 0 Å². The molecular weight excluding hydrogens is 336 g/mol. The van der Waals surface area contributed by atoms with Gasteiger partial charge in [0.05, 0.1) is 11.4 Å². The number of ether oxygens (including phenoxy) is 1. The highest BCUT2D eigenvalue weighted by molar-refractivity contribution is 7.89. The van der Waals surface area contributed by atoms with Crippen molar-refractivity contribution in [1.82, 2.24) is 9.29 Å². The molecular formula is C16H17ClN2O3S. The summed E-state index contributed by atoms with van der Waals surface area (Å²) in [6.07, 6.45) is 4.72. The Morgan fingerprint density at radius 2 is 2.00 bits per heavy atom. The fraction of sp³-hybridized carbons (Fsp3) is 0.312. The number of sulfonamides is 1. The van der Waals surface area contributed by atoms with Gasteiger partial charge in [0, 0.05) is 24.0 Å². The quantitative estimate of drug-likeness (QED) is 0.848. The zero-order chi connectivity index (χ0) is 16.3. The minimum Gasteiger partial charge on any atom is -0.489 e. The molecule has 3 rings (SSSR count). The largest absolute Gasteiger partial charge is 0.489 e. The number of hydrogen-bond donors (Lipinski definition) is 0. The summed E-state index contributed by atoms with van der Waals surface area (Å²) in [6, 6.07) is 9.88. The minimum absolute atomic E-state index is 0.167. The summed E-state index contributed by atoms with van der Waals surface area (Å²) >= 11 is 5.91. The third kappa shape index (κ3) is 3.83. The van der Waals surface area contributed by atoms with Crippen LogP contribution in [0.5, 0.6) is 5.75 Å². The lowest BCUT2D eigenvalue weighted by Gasteiger charge is -2.32. The predicted molar refractivity (Wildman–Crippen MR) is 88.1 cm³/mol. The molecule has 2 heterocycles. The van der Waals surface area contributed by atoms with Crippen LogP contribution in [0, 0.1) is 0 Å². The smallest absolute Gasteiger partial charge is 0.243 e. The molecule has 7 heteroatoms. The van der Waals surface area contributed by atoms with Gasteiger partial charge in [0.2, 0.25) is 10.0 Å². The Balaban J connectivity index is 1.75. The maximum absolute atomic E-state index is 12.7. The summed E-state index contributed by atoms with van der Waals surface area (Å²) in [5, 5.41) is 0.410. The highest BCUT2D eigenvalue weighted by atomic mass is 35.5. The Hall–Kier alpha value is -1.63. The fourth-order valence-corrected chi connectivity index (χ4v) is 4.42. The van der Waals surface area contributed by atoms with E-state index in [1.54, 1.807) is 42.7 Å². The van der Waals surface area contributed by atoms with Crippen LogP contribution in [-0.4, -0.2) is 36.9 Å². The Labute approximate surface area is 140 Å². The fourth-order valence-electron chi connectivity index (χ4n) is 2.61. The summed E-state index contributed by atoms with van der Waals surface area (Å²) < 4.78 is 32.8. The van der Waals surface area contributed by atoms with E-state index in [2.05, 4.69) is 4.98 Å². The first-order valence-corrected chi connectivity index (χ1v) is 9.20. The lowest BCUT2D eigenvalue weighted by molar-refractivity contribution is 0.129. The third-order valence-corrected chi connectivity index (χ3v) is 5.82. The molecule has 0 saturated carbocycles. The summed E-state index contributed by atoms with van der Waals surface area (Å²) in [4.78, 5) is 4.16. The van der Waals surface area contributed by atoms with Gasteiger partial charge in [-0.25, -0.2) is 8.42 Å². The van der Waals surface area contributed by atoms with Gasteiger partial charge in [-0.05, 0) is 43.2 Å². The molecule has 0 aliphatic carbocycles. The van der Waals surface area contributed by atoms with Crippen LogP contribution in [0.4, 0.5) is 0 Å².